The number of hydrogen-bond donors (Lipinski definition) is 2. The quantitative estimate of drug-likeness (QED) is 0.872. The van der Waals surface area contributed by atoms with Gasteiger partial charge < -0.3 is 15.4 Å². The van der Waals surface area contributed by atoms with Crippen LogP contribution in [0.25, 0.3) is 0 Å². The maximum Gasteiger partial charge on any atom is 0.319 e. The number of anilines is 1. The zero-order chi connectivity index (χ0) is 16.8. The van der Waals surface area contributed by atoms with Gasteiger partial charge in [0.05, 0.1) is 0 Å². The number of pyridine rings is 1. The van der Waals surface area contributed by atoms with Gasteiger partial charge in [0.1, 0.15) is 6.10 Å². The number of amides is 2. The summed E-state index contributed by atoms with van der Waals surface area (Å²) in [6.07, 6.45) is 6.76. The highest BCUT2D eigenvalue weighted by atomic mass is 16.5. The first-order valence-corrected chi connectivity index (χ1v) is 8.42. The second kappa shape index (κ2) is 7.81. The van der Waals surface area contributed by atoms with Crippen LogP contribution in [0.1, 0.15) is 36.8 Å². The number of carbonyl (C=O) groups is 1. The number of urea groups is 1. The van der Waals surface area contributed by atoms with E-state index >= 15 is 0 Å². The molecule has 0 spiro atoms. The Balaban J connectivity index is 1.45. The summed E-state index contributed by atoms with van der Waals surface area (Å²) in [5.74, 6) is 0.662. The largest absolute Gasteiger partial charge is 0.474 e. The topological polar surface area (TPSA) is 63.2 Å². The molecular formula is C19H23N3O2. The Morgan fingerprint density at radius 1 is 1.17 bits per heavy atom. The third-order valence-corrected chi connectivity index (χ3v) is 4.15. The first-order valence-electron chi connectivity index (χ1n) is 8.42. The van der Waals surface area contributed by atoms with E-state index in [0.29, 0.717) is 18.5 Å². The lowest BCUT2D eigenvalue weighted by Crippen LogP contribution is -2.28. The van der Waals surface area contributed by atoms with Gasteiger partial charge in [0, 0.05) is 24.5 Å². The molecule has 2 aromatic rings. The second-order valence-electron chi connectivity index (χ2n) is 6.20. The molecule has 1 aromatic heterocycles. The highest BCUT2D eigenvalue weighted by Gasteiger charge is 2.16. The van der Waals surface area contributed by atoms with Crippen LogP contribution in [0.5, 0.6) is 5.88 Å². The molecule has 1 aliphatic carbocycles. The third-order valence-electron chi connectivity index (χ3n) is 4.15. The fourth-order valence-corrected chi connectivity index (χ4v) is 2.76. The summed E-state index contributed by atoms with van der Waals surface area (Å²) in [6, 6.07) is 11.3. The van der Waals surface area contributed by atoms with Gasteiger partial charge in [-0.15, -0.1) is 0 Å². The molecule has 126 valence electrons. The molecular weight excluding hydrogens is 302 g/mol. The maximum absolute atomic E-state index is 11.9. The minimum atomic E-state index is -0.231. The number of ether oxygens (including phenoxy) is 1. The van der Waals surface area contributed by atoms with Crippen molar-refractivity contribution >= 4 is 11.7 Å². The number of aryl methyl sites for hydroxylation is 1. The van der Waals surface area contributed by atoms with E-state index in [1.807, 2.05) is 43.3 Å². The molecule has 1 aromatic carbocycles. The Morgan fingerprint density at radius 2 is 1.92 bits per heavy atom. The Labute approximate surface area is 142 Å². The minimum Gasteiger partial charge on any atom is -0.474 e. The number of benzene rings is 1. The number of nitrogens with zero attached hydrogens (tertiary/aromatic N) is 1. The normalized spacial score (nSPS) is 14.4. The predicted molar refractivity (Wildman–Crippen MR) is 94.2 cm³/mol. The molecule has 0 unspecified atom stereocenters. The molecule has 1 heterocycles. The molecule has 3 rings (SSSR count). The van der Waals surface area contributed by atoms with Crippen LogP contribution in [0, 0.1) is 6.92 Å². The van der Waals surface area contributed by atoms with Gasteiger partial charge in [-0.05, 0) is 50.3 Å². The van der Waals surface area contributed by atoms with Crippen LogP contribution in [0.2, 0.25) is 0 Å². The fraction of sp³-hybridized carbons (Fsp3) is 0.368. The van der Waals surface area contributed by atoms with E-state index < -0.39 is 0 Å². The number of hydrogen-bond acceptors (Lipinski definition) is 3. The van der Waals surface area contributed by atoms with Crippen LogP contribution < -0.4 is 15.4 Å². The first kappa shape index (κ1) is 16.3. The van der Waals surface area contributed by atoms with Gasteiger partial charge in [-0.25, -0.2) is 9.78 Å². The molecule has 0 aliphatic heterocycles. The van der Waals surface area contributed by atoms with Gasteiger partial charge in [0.15, 0.2) is 0 Å². The van der Waals surface area contributed by atoms with E-state index in [9.17, 15) is 4.79 Å². The Morgan fingerprint density at radius 3 is 2.58 bits per heavy atom. The summed E-state index contributed by atoms with van der Waals surface area (Å²) in [5, 5.41) is 5.63. The lowest BCUT2D eigenvalue weighted by molar-refractivity contribution is 0.201. The van der Waals surface area contributed by atoms with E-state index in [2.05, 4.69) is 15.6 Å². The van der Waals surface area contributed by atoms with Gasteiger partial charge in [-0.2, -0.15) is 0 Å². The van der Waals surface area contributed by atoms with Crippen molar-refractivity contribution in [2.75, 3.05) is 5.32 Å². The second-order valence-corrected chi connectivity index (χ2v) is 6.20. The predicted octanol–water partition coefficient (Wildman–Crippen LogP) is 4.03. The summed E-state index contributed by atoms with van der Waals surface area (Å²) in [6.45, 7) is 2.44. The van der Waals surface area contributed by atoms with Crippen molar-refractivity contribution < 1.29 is 9.53 Å². The van der Waals surface area contributed by atoms with Gasteiger partial charge in [0.25, 0.3) is 0 Å². The van der Waals surface area contributed by atoms with Crippen molar-refractivity contribution in [3.05, 3.63) is 53.7 Å². The van der Waals surface area contributed by atoms with Crippen LogP contribution in [0.4, 0.5) is 10.5 Å². The Hall–Kier alpha value is -2.56. The minimum absolute atomic E-state index is 0.231. The van der Waals surface area contributed by atoms with Crippen molar-refractivity contribution in [3.63, 3.8) is 0 Å². The molecule has 5 nitrogen and oxygen atoms in total. The lowest BCUT2D eigenvalue weighted by atomic mass is 10.2. The molecule has 5 heteroatoms. The molecule has 0 radical (unpaired) electrons. The van der Waals surface area contributed by atoms with Gasteiger partial charge in [-0.3, -0.25) is 0 Å². The van der Waals surface area contributed by atoms with E-state index in [0.717, 1.165) is 29.7 Å². The standard InChI is InChI=1S/C19H23N3O2/c1-14-6-9-16(10-7-14)22-19(23)21-13-15-8-11-18(20-12-15)24-17-4-2-3-5-17/h6-12,17H,2-5,13H2,1H3,(H2,21,22,23). The summed E-state index contributed by atoms with van der Waals surface area (Å²) in [4.78, 5) is 16.2. The first-order chi connectivity index (χ1) is 11.7. The van der Waals surface area contributed by atoms with Gasteiger partial charge in [0.2, 0.25) is 5.88 Å². The van der Waals surface area contributed by atoms with Crippen molar-refractivity contribution in [2.24, 2.45) is 0 Å². The molecule has 2 amide bonds. The average Bonchev–Trinajstić information content (AvgIpc) is 3.09. The van der Waals surface area contributed by atoms with Gasteiger partial charge in [-0.1, -0.05) is 23.8 Å². The monoisotopic (exact) mass is 325 g/mol. The maximum atomic E-state index is 11.9. The molecule has 24 heavy (non-hydrogen) atoms. The highest BCUT2D eigenvalue weighted by Crippen LogP contribution is 2.22. The van der Waals surface area contributed by atoms with Crippen LogP contribution in [-0.4, -0.2) is 17.1 Å². The van der Waals surface area contributed by atoms with Crippen molar-refractivity contribution in [1.29, 1.82) is 0 Å². The van der Waals surface area contributed by atoms with Gasteiger partial charge >= 0.3 is 6.03 Å². The molecule has 1 aliphatic rings. The smallest absolute Gasteiger partial charge is 0.319 e. The highest BCUT2D eigenvalue weighted by molar-refractivity contribution is 5.89. The third kappa shape index (κ3) is 4.72. The van der Waals surface area contributed by atoms with Crippen LogP contribution in [-0.2, 0) is 6.54 Å². The van der Waals surface area contributed by atoms with Crippen LogP contribution in [0.3, 0.4) is 0 Å². The zero-order valence-corrected chi connectivity index (χ0v) is 13.9. The van der Waals surface area contributed by atoms with Crippen LogP contribution in [0.15, 0.2) is 42.6 Å². The summed E-state index contributed by atoms with van der Waals surface area (Å²) >= 11 is 0. The van der Waals surface area contributed by atoms with E-state index in [1.54, 1.807) is 6.20 Å². The number of aromatic nitrogens is 1. The fourth-order valence-electron chi connectivity index (χ4n) is 2.76. The van der Waals surface area contributed by atoms with E-state index in [1.165, 1.54) is 12.8 Å². The Kier molecular flexibility index (Phi) is 5.31. The molecule has 1 saturated carbocycles. The van der Waals surface area contributed by atoms with Crippen molar-refractivity contribution in [2.45, 2.75) is 45.3 Å². The number of carbonyl (C=O) groups excluding carboxylic acids is 1. The summed E-state index contributed by atoms with van der Waals surface area (Å²) in [5.41, 5.74) is 2.87. The van der Waals surface area contributed by atoms with Crippen molar-refractivity contribution in [1.82, 2.24) is 10.3 Å². The number of nitrogens with one attached hydrogen (secondary N) is 2. The van der Waals surface area contributed by atoms with E-state index in [4.69, 9.17) is 4.74 Å². The molecule has 1 fully saturated rings. The molecule has 0 saturated heterocycles. The lowest BCUT2D eigenvalue weighted by Gasteiger charge is -2.12. The summed E-state index contributed by atoms with van der Waals surface area (Å²) in [7, 11) is 0. The Bertz CT molecular complexity index is 662. The molecule has 0 bridgehead atoms. The molecule has 0 atom stereocenters. The van der Waals surface area contributed by atoms with E-state index in [-0.39, 0.29) is 6.03 Å². The molecule has 2 N–H and O–H groups in total. The zero-order valence-electron chi connectivity index (χ0n) is 13.9. The summed E-state index contributed by atoms with van der Waals surface area (Å²) < 4.78 is 5.83. The number of rotatable bonds is 5. The average molecular weight is 325 g/mol. The van der Waals surface area contributed by atoms with Crippen LogP contribution >= 0.6 is 0 Å². The SMILES string of the molecule is Cc1ccc(NC(=O)NCc2ccc(OC3CCCC3)nc2)cc1. The van der Waals surface area contributed by atoms with Crippen molar-refractivity contribution in [3.8, 4) is 5.88 Å².